The Morgan fingerprint density at radius 3 is 2.53 bits per heavy atom. The van der Waals surface area contributed by atoms with E-state index in [4.69, 9.17) is 23.2 Å². The van der Waals surface area contributed by atoms with E-state index in [9.17, 15) is 0 Å². The molecule has 0 heterocycles. The van der Waals surface area contributed by atoms with Gasteiger partial charge in [-0.1, -0.05) is 41.9 Å². The van der Waals surface area contributed by atoms with E-state index in [-0.39, 0.29) is 5.38 Å². The molecule has 17 heavy (non-hydrogen) atoms. The van der Waals surface area contributed by atoms with Crippen LogP contribution in [0.1, 0.15) is 16.5 Å². The molecule has 2 aromatic rings. The number of rotatable bonds is 3. The quantitative estimate of drug-likeness (QED) is 0.492. The predicted octanol–water partition coefficient (Wildman–Crippen LogP) is 5.47. The maximum absolute atomic E-state index is 6.42. The van der Waals surface area contributed by atoms with Crippen LogP contribution in [0, 0.1) is 3.57 Å². The van der Waals surface area contributed by atoms with Crippen LogP contribution in [-0.2, 0) is 6.42 Å². The van der Waals surface area contributed by atoms with E-state index >= 15 is 0 Å². The molecule has 0 nitrogen and oxygen atoms in total. The molecule has 0 radical (unpaired) electrons. The van der Waals surface area contributed by atoms with Gasteiger partial charge in [0.05, 0.1) is 5.38 Å². The Bertz CT molecular complexity index is 511. The molecule has 0 aromatic heterocycles. The van der Waals surface area contributed by atoms with Crippen LogP contribution in [0.25, 0.3) is 0 Å². The molecule has 0 aliphatic rings. The molecular formula is C14H11Cl2I. The van der Waals surface area contributed by atoms with Gasteiger partial charge in [0.1, 0.15) is 0 Å². The summed E-state index contributed by atoms with van der Waals surface area (Å²) < 4.78 is 1.20. The molecule has 0 bridgehead atoms. The molecule has 0 amide bonds. The fraction of sp³-hybridized carbons (Fsp3) is 0.143. The van der Waals surface area contributed by atoms with Gasteiger partial charge in [-0.15, -0.1) is 11.6 Å². The summed E-state index contributed by atoms with van der Waals surface area (Å²) in [6.45, 7) is 0. The Morgan fingerprint density at radius 2 is 1.82 bits per heavy atom. The van der Waals surface area contributed by atoms with Gasteiger partial charge in [-0.05, 0) is 58.3 Å². The van der Waals surface area contributed by atoms with Crippen molar-refractivity contribution >= 4 is 45.8 Å². The Kier molecular flexibility index (Phi) is 4.71. The van der Waals surface area contributed by atoms with Crippen LogP contribution in [0.4, 0.5) is 0 Å². The first-order valence-corrected chi connectivity index (χ1v) is 7.19. The third-order valence-corrected chi connectivity index (χ3v) is 4.01. The molecule has 0 saturated heterocycles. The average Bonchev–Trinajstić information content (AvgIpc) is 2.32. The van der Waals surface area contributed by atoms with Gasteiger partial charge >= 0.3 is 0 Å². The number of halogens is 3. The fourth-order valence-corrected chi connectivity index (χ4v) is 2.76. The molecule has 0 aliphatic heterocycles. The van der Waals surface area contributed by atoms with E-state index in [2.05, 4.69) is 40.8 Å². The normalized spacial score (nSPS) is 12.4. The lowest BCUT2D eigenvalue weighted by Gasteiger charge is -2.11. The monoisotopic (exact) mass is 376 g/mol. The van der Waals surface area contributed by atoms with E-state index in [1.165, 1.54) is 3.57 Å². The largest absolute Gasteiger partial charge is 0.117 e. The average molecular weight is 377 g/mol. The highest BCUT2D eigenvalue weighted by molar-refractivity contribution is 14.1. The van der Waals surface area contributed by atoms with E-state index in [0.29, 0.717) is 0 Å². The summed E-state index contributed by atoms with van der Waals surface area (Å²) in [4.78, 5) is 0. The van der Waals surface area contributed by atoms with E-state index in [1.54, 1.807) is 0 Å². The second-order valence-corrected chi connectivity index (χ2v) is 6.00. The lowest BCUT2D eigenvalue weighted by molar-refractivity contribution is 0.919. The highest BCUT2D eigenvalue weighted by Gasteiger charge is 2.10. The van der Waals surface area contributed by atoms with Crippen molar-refractivity contribution in [2.75, 3.05) is 0 Å². The minimum absolute atomic E-state index is 0.0374. The molecule has 0 saturated carbocycles. The van der Waals surface area contributed by atoms with Gasteiger partial charge in [-0.25, -0.2) is 0 Å². The number of benzene rings is 2. The third kappa shape index (κ3) is 3.60. The Labute approximate surface area is 125 Å². The van der Waals surface area contributed by atoms with Gasteiger partial charge in [0, 0.05) is 8.59 Å². The molecule has 0 N–H and O–H groups in total. The summed E-state index contributed by atoms with van der Waals surface area (Å²) in [7, 11) is 0. The van der Waals surface area contributed by atoms with E-state index in [1.807, 2.05) is 30.3 Å². The summed E-state index contributed by atoms with van der Waals surface area (Å²) in [5.41, 5.74) is 2.23. The zero-order valence-electron chi connectivity index (χ0n) is 9.04. The van der Waals surface area contributed by atoms with Crippen molar-refractivity contribution in [1.82, 2.24) is 0 Å². The maximum atomic E-state index is 6.42. The van der Waals surface area contributed by atoms with E-state index < -0.39 is 0 Å². The highest BCUT2D eigenvalue weighted by Crippen LogP contribution is 2.28. The van der Waals surface area contributed by atoms with Gasteiger partial charge < -0.3 is 0 Å². The first-order valence-electron chi connectivity index (χ1n) is 5.30. The van der Waals surface area contributed by atoms with Gasteiger partial charge in [-0.2, -0.15) is 0 Å². The third-order valence-electron chi connectivity index (χ3n) is 2.57. The Hall–Kier alpha value is -0.250. The summed E-state index contributed by atoms with van der Waals surface area (Å²) in [6, 6.07) is 16.1. The first kappa shape index (κ1) is 13.2. The molecule has 0 aliphatic carbocycles. The molecule has 0 spiro atoms. The SMILES string of the molecule is Clc1ccccc1CC(Cl)c1cccc(I)c1. The number of alkyl halides is 1. The Balaban J connectivity index is 2.17. The van der Waals surface area contributed by atoms with Crippen molar-refractivity contribution < 1.29 is 0 Å². The second kappa shape index (κ2) is 6.07. The van der Waals surface area contributed by atoms with E-state index in [0.717, 1.165) is 22.6 Å². The van der Waals surface area contributed by atoms with Crippen molar-refractivity contribution in [2.24, 2.45) is 0 Å². The molecule has 2 aromatic carbocycles. The summed E-state index contributed by atoms with van der Waals surface area (Å²) in [6.07, 6.45) is 0.751. The molecule has 2 rings (SSSR count). The van der Waals surface area contributed by atoms with Crippen molar-refractivity contribution in [3.63, 3.8) is 0 Å². The van der Waals surface area contributed by atoms with Gasteiger partial charge in [-0.3, -0.25) is 0 Å². The highest BCUT2D eigenvalue weighted by atomic mass is 127. The van der Waals surface area contributed by atoms with Crippen molar-refractivity contribution in [1.29, 1.82) is 0 Å². The van der Waals surface area contributed by atoms with Crippen LogP contribution < -0.4 is 0 Å². The molecule has 0 fully saturated rings. The summed E-state index contributed by atoms with van der Waals surface area (Å²) >= 11 is 14.8. The zero-order chi connectivity index (χ0) is 12.3. The maximum Gasteiger partial charge on any atom is 0.0626 e. The van der Waals surface area contributed by atoms with Crippen molar-refractivity contribution in [3.05, 3.63) is 68.3 Å². The lowest BCUT2D eigenvalue weighted by atomic mass is 10.0. The fourth-order valence-electron chi connectivity index (χ4n) is 1.68. The topological polar surface area (TPSA) is 0 Å². The predicted molar refractivity (Wildman–Crippen MR) is 82.9 cm³/mol. The van der Waals surface area contributed by atoms with Gasteiger partial charge in [0.25, 0.3) is 0 Å². The molecular weight excluding hydrogens is 366 g/mol. The minimum Gasteiger partial charge on any atom is -0.117 e. The first-order chi connectivity index (χ1) is 8.16. The smallest absolute Gasteiger partial charge is 0.0626 e. The number of hydrogen-bond donors (Lipinski definition) is 0. The number of hydrogen-bond acceptors (Lipinski definition) is 0. The lowest BCUT2D eigenvalue weighted by Crippen LogP contribution is -1.96. The van der Waals surface area contributed by atoms with Gasteiger partial charge in [0.2, 0.25) is 0 Å². The molecule has 1 unspecified atom stereocenters. The van der Waals surface area contributed by atoms with Crippen LogP contribution in [-0.4, -0.2) is 0 Å². The van der Waals surface area contributed by atoms with Crippen LogP contribution in [0.15, 0.2) is 48.5 Å². The van der Waals surface area contributed by atoms with Crippen LogP contribution in [0.3, 0.4) is 0 Å². The van der Waals surface area contributed by atoms with Crippen LogP contribution >= 0.6 is 45.8 Å². The standard InChI is InChI=1S/C14H11Cl2I/c15-13-7-2-1-4-11(13)9-14(16)10-5-3-6-12(17)8-10/h1-8,14H,9H2. The summed E-state index contributed by atoms with van der Waals surface area (Å²) in [5.74, 6) is 0. The minimum atomic E-state index is -0.0374. The zero-order valence-corrected chi connectivity index (χ0v) is 12.7. The van der Waals surface area contributed by atoms with Crippen molar-refractivity contribution in [3.8, 4) is 0 Å². The van der Waals surface area contributed by atoms with Crippen LogP contribution in [0.2, 0.25) is 5.02 Å². The van der Waals surface area contributed by atoms with Gasteiger partial charge in [0.15, 0.2) is 0 Å². The molecule has 1 atom stereocenters. The van der Waals surface area contributed by atoms with Crippen LogP contribution in [0.5, 0.6) is 0 Å². The van der Waals surface area contributed by atoms with Crippen molar-refractivity contribution in [2.45, 2.75) is 11.8 Å². The molecule has 3 heteroatoms. The Morgan fingerprint density at radius 1 is 1.06 bits per heavy atom. The molecule has 88 valence electrons. The second-order valence-electron chi connectivity index (χ2n) is 3.82. The summed E-state index contributed by atoms with van der Waals surface area (Å²) in [5, 5.41) is 0.744.